The van der Waals surface area contributed by atoms with Gasteiger partial charge in [0.05, 0.1) is 17.7 Å². The summed E-state index contributed by atoms with van der Waals surface area (Å²) in [6, 6.07) is 14.7. The maximum atomic E-state index is 13.4. The van der Waals surface area contributed by atoms with Gasteiger partial charge in [-0.15, -0.1) is 0 Å². The molecule has 1 fully saturated rings. The highest BCUT2D eigenvalue weighted by molar-refractivity contribution is 6.16. The van der Waals surface area contributed by atoms with E-state index in [9.17, 15) is 14.7 Å². The van der Waals surface area contributed by atoms with Crippen LogP contribution in [0.4, 0.5) is 0 Å². The predicted molar refractivity (Wildman–Crippen MR) is 143 cm³/mol. The highest BCUT2D eigenvalue weighted by Crippen LogP contribution is 2.34. The van der Waals surface area contributed by atoms with E-state index >= 15 is 0 Å². The second-order valence-corrected chi connectivity index (χ2v) is 10.3. The Kier molecular flexibility index (Phi) is 8.68. The monoisotopic (exact) mass is 488 g/mol. The third kappa shape index (κ3) is 6.68. The number of carbonyl (C=O) groups is 2. The van der Waals surface area contributed by atoms with Crippen molar-refractivity contribution in [3.63, 3.8) is 0 Å². The number of hydrogen-bond acceptors (Lipinski definition) is 5. The largest absolute Gasteiger partial charge is 0.490 e. The molecule has 1 heterocycles. The van der Waals surface area contributed by atoms with E-state index in [4.69, 9.17) is 4.74 Å². The molecule has 0 saturated heterocycles. The molecule has 0 radical (unpaired) electrons. The van der Waals surface area contributed by atoms with E-state index in [0.29, 0.717) is 30.6 Å². The quantitative estimate of drug-likeness (QED) is 0.351. The van der Waals surface area contributed by atoms with Crippen molar-refractivity contribution in [2.45, 2.75) is 70.4 Å². The van der Waals surface area contributed by atoms with Gasteiger partial charge in [0.25, 0.3) is 0 Å². The molecule has 190 valence electrons. The Morgan fingerprint density at radius 1 is 1.03 bits per heavy atom. The second kappa shape index (κ2) is 12.1. The van der Waals surface area contributed by atoms with E-state index in [2.05, 4.69) is 23.8 Å². The van der Waals surface area contributed by atoms with E-state index in [1.54, 1.807) is 30.6 Å². The zero-order valence-electron chi connectivity index (χ0n) is 21.2. The lowest BCUT2D eigenvalue weighted by Crippen LogP contribution is -2.20. The standard InChI is InChI=1S/C30H36N2O4/c1-20-10-12-25(36-24-7-5-6-23(18-24)30(34)35)17-22(16-20)11-13-29(33)27-9-4-3-8-26(27)28-19-31-14-15-32-21(28)2/h3-9,14-15,18,20-22,25,28H,10-13,16-17,19H2,1-2H3,(H,34,35). The molecule has 1 saturated carbocycles. The van der Waals surface area contributed by atoms with Crippen molar-refractivity contribution in [1.82, 2.24) is 0 Å². The molecule has 1 N–H and O–H groups in total. The molecule has 0 spiro atoms. The Balaban J connectivity index is 1.42. The summed E-state index contributed by atoms with van der Waals surface area (Å²) < 4.78 is 6.24. The van der Waals surface area contributed by atoms with Crippen LogP contribution in [0.2, 0.25) is 0 Å². The van der Waals surface area contributed by atoms with Gasteiger partial charge in [-0.2, -0.15) is 0 Å². The fourth-order valence-corrected chi connectivity index (χ4v) is 5.54. The molecule has 0 amide bonds. The Labute approximate surface area is 213 Å². The Morgan fingerprint density at radius 2 is 1.86 bits per heavy atom. The lowest BCUT2D eigenvalue weighted by atomic mass is 9.85. The third-order valence-electron chi connectivity index (χ3n) is 7.52. The van der Waals surface area contributed by atoms with Crippen LogP contribution < -0.4 is 4.74 Å². The minimum Gasteiger partial charge on any atom is -0.490 e. The number of carboxylic acids is 1. The fraction of sp³-hybridized carbons (Fsp3) is 0.467. The van der Waals surface area contributed by atoms with E-state index in [0.717, 1.165) is 43.2 Å². The number of carbonyl (C=O) groups excluding carboxylic acids is 1. The van der Waals surface area contributed by atoms with E-state index in [1.165, 1.54) is 0 Å². The van der Waals surface area contributed by atoms with Crippen LogP contribution in [0.15, 0.2) is 58.5 Å². The number of ether oxygens (including phenoxy) is 1. The molecule has 5 atom stereocenters. The molecule has 36 heavy (non-hydrogen) atoms. The Bertz CT molecular complexity index is 1130. The molecule has 1 aliphatic carbocycles. The first kappa shape index (κ1) is 25.8. The molecule has 1 aliphatic heterocycles. The molecular formula is C30H36N2O4. The summed E-state index contributed by atoms with van der Waals surface area (Å²) in [6.07, 6.45) is 8.79. The zero-order chi connectivity index (χ0) is 25.5. The van der Waals surface area contributed by atoms with Gasteiger partial charge in [0.1, 0.15) is 5.75 Å². The lowest BCUT2D eigenvalue weighted by molar-refractivity contribution is 0.0695. The van der Waals surface area contributed by atoms with E-state index in [1.807, 2.05) is 30.3 Å². The first-order valence-electron chi connectivity index (χ1n) is 13.0. The van der Waals surface area contributed by atoms with Gasteiger partial charge in [-0.1, -0.05) is 37.3 Å². The minimum absolute atomic E-state index is 0.0222. The number of nitrogens with zero attached hydrogens (tertiary/aromatic N) is 2. The van der Waals surface area contributed by atoms with Crippen LogP contribution in [0.3, 0.4) is 0 Å². The van der Waals surface area contributed by atoms with Crippen molar-refractivity contribution in [2.75, 3.05) is 6.54 Å². The molecule has 2 aromatic carbocycles. The van der Waals surface area contributed by atoms with Gasteiger partial charge in [-0.3, -0.25) is 14.8 Å². The summed E-state index contributed by atoms with van der Waals surface area (Å²) in [6.45, 7) is 4.98. The maximum absolute atomic E-state index is 13.4. The van der Waals surface area contributed by atoms with Crippen LogP contribution in [0.1, 0.15) is 84.6 Å². The van der Waals surface area contributed by atoms with Crippen LogP contribution >= 0.6 is 0 Å². The molecule has 2 aromatic rings. The molecule has 2 aliphatic rings. The molecule has 5 unspecified atom stereocenters. The molecular weight excluding hydrogens is 452 g/mol. The molecule has 6 heteroatoms. The number of ketones is 1. The summed E-state index contributed by atoms with van der Waals surface area (Å²) in [5, 5.41) is 9.28. The van der Waals surface area contributed by atoms with Crippen LogP contribution in [0.25, 0.3) is 0 Å². The number of aromatic carboxylic acids is 1. The SMILES string of the molecule is CC1CCC(Oc2cccc(C(=O)O)c2)CC(CCC(=O)c2ccccc2C2CN=CC=NC2C)C1. The molecule has 4 rings (SSSR count). The van der Waals surface area contributed by atoms with Gasteiger partial charge in [0.2, 0.25) is 0 Å². The van der Waals surface area contributed by atoms with Gasteiger partial charge in [-0.05, 0) is 74.6 Å². The first-order valence-corrected chi connectivity index (χ1v) is 13.0. The summed E-state index contributed by atoms with van der Waals surface area (Å²) >= 11 is 0. The van der Waals surface area contributed by atoms with Crippen molar-refractivity contribution >= 4 is 24.2 Å². The average molecular weight is 489 g/mol. The summed E-state index contributed by atoms with van der Waals surface area (Å²) in [5.41, 5.74) is 2.07. The van der Waals surface area contributed by atoms with Gasteiger partial charge in [0, 0.05) is 36.9 Å². The first-order chi connectivity index (χ1) is 17.4. The van der Waals surface area contributed by atoms with E-state index < -0.39 is 5.97 Å². The fourth-order valence-electron chi connectivity index (χ4n) is 5.54. The van der Waals surface area contributed by atoms with Gasteiger partial charge < -0.3 is 9.84 Å². The number of benzene rings is 2. The van der Waals surface area contributed by atoms with Crippen molar-refractivity contribution in [3.05, 3.63) is 65.2 Å². The number of aliphatic imine (C=N–C) groups is 2. The third-order valence-corrected chi connectivity index (χ3v) is 7.52. The maximum Gasteiger partial charge on any atom is 0.335 e. The number of hydrogen-bond donors (Lipinski definition) is 1. The molecule has 0 bridgehead atoms. The van der Waals surface area contributed by atoms with Gasteiger partial charge in [-0.25, -0.2) is 4.79 Å². The van der Waals surface area contributed by atoms with Crippen molar-refractivity contribution < 1.29 is 19.4 Å². The highest BCUT2D eigenvalue weighted by atomic mass is 16.5. The Morgan fingerprint density at radius 3 is 2.69 bits per heavy atom. The predicted octanol–water partition coefficient (Wildman–Crippen LogP) is 6.25. The van der Waals surface area contributed by atoms with Crippen molar-refractivity contribution in [2.24, 2.45) is 21.8 Å². The lowest BCUT2D eigenvalue weighted by Gasteiger charge is -2.23. The minimum atomic E-state index is -0.955. The zero-order valence-corrected chi connectivity index (χ0v) is 21.2. The highest BCUT2D eigenvalue weighted by Gasteiger charge is 2.28. The smallest absolute Gasteiger partial charge is 0.335 e. The van der Waals surface area contributed by atoms with E-state index in [-0.39, 0.29) is 29.4 Å². The topological polar surface area (TPSA) is 88.3 Å². The summed E-state index contributed by atoms with van der Waals surface area (Å²) in [5.74, 6) is 0.872. The summed E-state index contributed by atoms with van der Waals surface area (Å²) in [4.78, 5) is 33.7. The second-order valence-electron chi connectivity index (χ2n) is 10.3. The number of carboxylic acid groups (broad SMARTS) is 1. The molecule has 0 aromatic heterocycles. The average Bonchev–Trinajstić information content (AvgIpc) is 3.19. The van der Waals surface area contributed by atoms with Gasteiger partial charge >= 0.3 is 5.97 Å². The van der Waals surface area contributed by atoms with Crippen molar-refractivity contribution in [3.8, 4) is 5.75 Å². The number of Topliss-reactive ketones (excluding diaryl/α,β-unsaturated/α-hetero) is 1. The number of rotatable bonds is 8. The summed E-state index contributed by atoms with van der Waals surface area (Å²) in [7, 11) is 0. The van der Waals surface area contributed by atoms with Crippen LogP contribution in [0, 0.1) is 11.8 Å². The normalized spacial score (nSPS) is 26.1. The van der Waals surface area contributed by atoms with Crippen LogP contribution in [-0.4, -0.2) is 48.0 Å². The molecule has 6 nitrogen and oxygen atoms in total. The van der Waals surface area contributed by atoms with Gasteiger partial charge in [0.15, 0.2) is 5.78 Å². The Hall–Kier alpha value is -3.28. The van der Waals surface area contributed by atoms with Crippen LogP contribution in [0.5, 0.6) is 5.75 Å². The van der Waals surface area contributed by atoms with Crippen LogP contribution in [-0.2, 0) is 0 Å². The van der Waals surface area contributed by atoms with Crippen molar-refractivity contribution in [1.29, 1.82) is 0 Å².